The van der Waals surface area contributed by atoms with Crippen LogP contribution in [0.5, 0.6) is 0 Å². The van der Waals surface area contributed by atoms with Gasteiger partial charge in [0.15, 0.2) is 11.5 Å². The third kappa shape index (κ3) is 1.98. The van der Waals surface area contributed by atoms with Crippen molar-refractivity contribution in [3.63, 3.8) is 0 Å². The van der Waals surface area contributed by atoms with Gasteiger partial charge in [0.1, 0.15) is 10.7 Å². The lowest BCUT2D eigenvalue weighted by Crippen LogP contribution is -1.96. The Balaban J connectivity index is 3.31. The molecule has 0 aliphatic carbocycles. The van der Waals surface area contributed by atoms with Gasteiger partial charge in [-0.15, -0.1) is 0 Å². The molecule has 0 bridgehead atoms. The van der Waals surface area contributed by atoms with E-state index in [9.17, 15) is 13.2 Å². The second kappa shape index (κ2) is 3.75. The molecule has 68 valence electrons. The molecule has 0 spiro atoms. The molecule has 0 fully saturated rings. The molecule has 2 nitrogen and oxygen atoms in total. The SMILES string of the molecule is N#Cc1nc(Br)c(C(F)F)cc1F. The van der Waals surface area contributed by atoms with Crippen LogP contribution in [-0.2, 0) is 0 Å². The molecule has 0 aromatic carbocycles. The maximum Gasteiger partial charge on any atom is 0.266 e. The predicted molar refractivity (Wildman–Crippen MR) is 41.6 cm³/mol. The highest BCUT2D eigenvalue weighted by Gasteiger charge is 2.16. The minimum Gasteiger partial charge on any atom is -0.227 e. The lowest BCUT2D eigenvalue weighted by atomic mass is 10.2. The maximum absolute atomic E-state index is 12.8. The summed E-state index contributed by atoms with van der Waals surface area (Å²) < 4.78 is 36.8. The van der Waals surface area contributed by atoms with Gasteiger partial charge in [0.2, 0.25) is 0 Å². The van der Waals surface area contributed by atoms with Gasteiger partial charge in [0.25, 0.3) is 6.43 Å². The largest absolute Gasteiger partial charge is 0.266 e. The fraction of sp³-hybridized carbons (Fsp3) is 0.143. The second-order valence-corrected chi connectivity index (χ2v) is 2.86. The van der Waals surface area contributed by atoms with Crippen molar-refractivity contribution in [2.75, 3.05) is 0 Å². The summed E-state index contributed by atoms with van der Waals surface area (Å²) >= 11 is 2.71. The van der Waals surface area contributed by atoms with Crippen LogP contribution in [0.25, 0.3) is 0 Å². The molecule has 1 aromatic heterocycles. The first kappa shape index (κ1) is 9.99. The topological polar surface area (TPSA) is 36.7 Å². The van der Waals surface area contributed by atoms with Crippen molar-refractivity contribution in [3.8, 4) is 6.07 Å². The zero-order chi connectivity index (χ0) is 10.0. The van der Waals surface area contributed by atoms with Crippen LogP contribution >= 0.6 is 15.9 Å². The first-order valence-corrected chi connectivity index (χ1v) is 3.89. The van der Waals surface area contributed by atoms with Gasteiger partial charge in [-0.05, 0) is 22.0 Å². The van der Waals surface area contributed by atoms with Crippen LogP contribution in [0, 0.1) is 17.1 Å². The summed E-state index contributed by atoms with van der Waals surface area (Å²) in [6.07, 6.45) is -2.82. The van der Waals surface area contributed by atoms with Gasteiger partial charge in [-0.25, -0.2) is 18.2 Å². The van der Waals surface area contributed by atoms with Gasteiger partial charge >= 0.3 is 0 Å². The molecule has 1 heterocycles. The molecule has 0 saturated carbocycles. The van der Waals surface area contributed by atoms with Crippen molar-refractivity contribution in [3.05, 3.63) is 27.7 Å². The standard InChI is InChI=1S/C7H2BrF3N2/c8-6-3(7(10)11)1-4(9)5(2-12)13-6/h1,7H. The second-order valence-electron chi connectivity index (χ2n) is 2.11. The van der Waals surface area contributed by atoms with Gasteiger partial charge in [-0.2, -0.15) is 5.26 Å². The van der Waals surface area contributed by atoms with E-state index in [1.54, 1.807) is 0 Å². The number of alkyl halides is 2. The Morgan fingerprint density at radius 3 is 2.62 bits per heavy atom. The van der Waals surface area contributed by atoms with E-state index in [0.29, 0.717) is 6.07 Å². The highest BCUT2D eigenvalue weighted by atomic mass is 79.9. The minimum atomic E-state index is -2.82. The van der Waals surface area contributed by atoms with Crippen LogP contribution in [0.1, 0.15) is 17.7 Å². The summed E-state index contributed by atoms with van der Waals surface area (Å²) in [4.78, 5) is 3.31. The lowest BCUT2D eigenvalue weighted by Gasteiger charge is -2.02. The zero-order valence-electron chi connectivity index (χ0n) is 6.06. The van der Waals surface area contributed by atoms with Gasteiger partial charge in [0.05, 0.1) is 5.56 Å². The lowest BCUT2D eigenvalue weighted by molar-refractivity contribution is 0.149. The van der Waals surface area contributed by atoms with Crippen molar-refractivity contribution in [1.82, 2.24) is 4.98 Å². The van der Waals surface area contributed by atoms with Crippen LogP contribution in [0.15, 0.2) is 10.7 Å². The molecule has 6 heteroatoms. The quantitative estimate of drug-likeness (QED) is 0.719. The Bertz CT molecular complexity index is 373. The van der Waals surface area contributed by atoms with Gasteiger partial charge in [0, 0.05) is 0 Å². The summed E-state index contributed by atoms with van der Waals surface area (Å²) in [6.45, 7) is 0. The van der Waals surface area contributed by atoms with E-state index in [4.69, 9.17) is 5.26 Å². The van der Waals surface area contributed by atoms with Crippen LogP contribution in [0.3, 0.4) is 0 Å². The highest BCUT2D eigenvalue weighted by molar-refractivity contribution is 9.10. The Morgan fingerprint density at radius 1 is 1.54 bits per heavy atom. The fourth-order valence-electron chi connectivity index (χ4n) is 0.712. The molecule has 0 unspecified atom stereocenters. The van der Waals surface area contributed by atoms with Crippen molar-refractivity contribution in [2.45, 2.75) is 6.43 Å². The number of rotatable bonds is 1. The van der Waals surface area contributed by atoms with E-state index in [0.717, 1.165) is 0 Å². The van der Waals surface area contributed by atoms with Gasteiger partial charge in [-0.3, -0.25) is 0 Å². The Hall–Kier alpha value is -1.09. The summed E-state index contributed by atoms with van der Waals surface area (Å²) in [5.41, 5.74) is -1.06. The normalized spacial score (nSPS) is 10.2. The number of hydrogen-bond donors (Lipinski definition) is 0. The molecule has 0 N–H and O–H groups in total. The highest BCUT2D eigenvalue weighted by Crippen LogP contribution is 2.26. The Morgan fingerprint density at radius 2 is 2.15 bits per heavy atom. The van der Waals surface area contributed by atoms with Crippen molar-refractivity contribution < 1.29 is 13.2 Å². The molecular formula is C7H2BrF3N2. The number of nitriles is 1. The number of hydrogen-bond acceptors (Lipinski definition) is 2. The summed E-state index contributed by atoms with van der Waals surface area (Å²) in [7, 11) is 0. The summed E-state index contributed by atoms with van der Waals surface area (Å²) in [5.74, 6) is -1.04. The third-order valence-corrected chi connectivity index (χ3v) is 1.93. The fourth-order valence-corrected chi connectivity index (χ4v) is 1.18. The molecule has 13 heavy (non-hydrogen) atoms. The van der Waals surface area contributed by atoms with Crippen LogP contribution in [0.4, 0.5) is 13.2 Å². The van der Waals surface area contributed by atoms with E-state index >= 15 is 0 Å². The average molecular weight is 251 g/mol. The zero-order valence-corrected chi connectivity index (χ0v) is 7.65. The maximum atomic E-state index is 12.8. The molecule has 0 aliphatic heterocycles. The summed E-state index contributed by atoms with van der Waals surface area (Å²) in [6, 6.07) is 2.04. The average Bonchev–Trinajstić information content (AvgIpc) is 2.07. The number of pyridine rings is 1. The molecule has 1 rings (SSSR count). The third-order valence-electron chi connectivity index (χ3n) is 1.30. The molecular weight excluding hydrogens is 249 g/mol. The molecule has 0 saturated heterocycles. The molecule has 0 atom stereocenters. The first-order valence-electron chi connectivity index (χ1n) is 3.10. The summed E-state index contributed by atoms with van der Waals surface area (Å²) in [5, 5.41) is 8.31. The van der Waals surface area contributed by atoms with Crippen molar-refractivity contribution in [1.29, 1.82) is 5.26 Å². The molecule has 0 amide bonds. The number of halogens is 4. The van der Waals surface area contributed by atoms with E-state index in [1.165, 1.54) is 6.07 Å². The number of nitrogens with zero attached hydrogens (tertiary/aromatic N) is 2. The van der Waals surface area contributed by atoms with Gasteiger partial charge in [-0.1, -0.05) is 0 Å². The molecule has 0 radical (unpaired) electrons. The Kier molecular flexibility index (Phi) is 2.88. The monoisotopic (exact) mass is 250 g/mol. The predicted octanol–water partition coefficient (Wildman–Crippen LogP) is 2.79. The van der Waals surface area contributed by atoms with Crippen molar-refractivity contribution in [2.24, 2.45) is 0 Å². The van der Waals surface area contributed by atoms with E-state index in [-0.39, 0.29) is 4.60 Å². The van der Waals surface area contributed by atoms with Crippen LogP contribution in [0.2, 0.25) is 0 Å². The van der Waals surface area contributed by atoms with E-state index < -0.39 is 23.5 Å². The smallest absolute Gasteiger partial charge is 0.227 e. The van der Waals surface area contributed by atoms with Crippen LogP contribution in [-0.4, -0.2) is 4.98 Å². The molecule has 0 aliphatic rings. The Labute approximate surface area is 80.1 Å². The van der Waals surface area contributed by atoms with Crippen LogP contribution < -0.4 is 0 Å². The van der Waals surface area contributed by atoms with Gasteiger partial charge < -0.3 is 0 Å². The minimum absolute atomic E-state index is 0.208. The first-order chi connectivity index (χ1) is 6.06. The number of aromatic nitrogens is 1. The van der Waals surface area contributed by atoms with E-state index in [1.807, 2.05) is 0 Å². The van der Waals surface area contributed by atoms with Crippen molar-refractivity contribution >= 4 is 15.9 Å². The molecule has 1 aromatic rings. The van der Waals surface area contributed by atoms with E-state index in [2.05, 4.69) is 20.9 Å².